The summed E-state index contributed by atoms with van der Waals surface area (Å²) >= 11 is 0. The van der Waals surface area contributed by atoms with E-state index in [-0.39, 0.29) is 11.4 Å². The molecule has 1 unspecified atom stereocenters. The first-order chi connectivity index (χ1) is 8.98. The van der Waals surface area contributed by atoms with Gasteiger partial charge in [-0.2, -0.15) is 0 Å². The Balaban J connectivity index is 2.32. The number of ether oxygens (including phenoxy) is 1. The number of hydrogen-bond acceptors (Lipinski definition) is 4. The Bertz CT molecular complexity index is 490. The third kappa shape index (κ3) is 2.61. The summed E-state index contributed by atoms with van der Waals surface area (Å²) in [6.45, 7) is 9.62. The monoisotopic (exact) mass is 263 g/mol. The molecular formula is C14H21N3O2. The van der Waals surface area contributed by atoms with Crippen LogP contribution in [0.5, 0.6) is 0 Å². The summed E-state index contributed by atoms with van der Waals surface area (Å²) in [4.78, 5) is 23.0. The van der Waals surface area contributed by atoms with Gasteiger partial charge in [-0.15, -0.1) is 0 Å². The van der Waals surface area contributed by atoms with E-state index >= 15 is 0 Å². The van der Waals surface area contributed by atoms with Crippen molar-refractivity contribution in [1.29, 1.82) is 0 Å². The molecule has 2 rings (SSSR count). The maximum Gasteiger partial charge on any atom is 0.257 e. The standard InChI is InChI=1S/C14H21N3O2/c1-5-14(4)9-19-7-6-17(14)13(18)12-8-15-11(3)16-10(12)2/h8H,5-7,9H2,1-4H3. The molecule has 1 saturated heterocycles. The van der Waals surface area contributed by atoms with Gasteiger partial charge in [0.05, 0.1) is 30.0 Å². The zero-order chi connectivity index (χ0) is 14.0. The van der Waals surface area contributed by atoms with Gasteiger partial charge in [0, 0.05) is 12.7 Å². The average molecular weight is 263 g/mol. The Morgan fingerprint density at radius 1 is 1.53 bits per heavy atom. The minimum Gasteiger partial charge on any atom is -0.377 e. The second-order valence-electron chi connectivity index (χ2n) is 5.28. The van der Waals surface area contributed by atoms with Crippen molar-refractivity contribution in [2.45, 2.75) is 39.7 Å². The Morgan fingerprint density at radius 2 is 2.26 bits per heavy atom. The van der Waals surface area contributed by atoms with Crippen LogP contribution in [0.1, 0.15) is 42.1 Å². The predicted octanol–water partition coefficient (Wildman–Crippen LogP) is 1.73. The highest BCUT2D eigenvalue weighted by Crippen LogP contribution is 2.25. The van der Waals surface area contributed by atoms with E-state index in [0.717, 1.165) is 12.1 Å². The molecule has 0 spiro atoms. The molecule has 1 aromatic heterocycles. The van der Waals surface area contributed by atoms with Gasteiger partial charge in [0.2, 0.25) is 0 Å². The average Bonchev–Trinajstić information content (AvgIpc) is 2.38. The zero-order valence-electron chi connectivity index (χ0n) is 12.1. The van der Waals surface area contributed by atoms with Crippen LogP contribution in [0, 0.1) is 13.8 Å². The van der Waals surface area contributed by atoms with E-state index in [2.05, 4.69) is 23.8 Å². The van der Waals surface area contributed by atoms with Gasteiger partial charge >= 0.3 is 0 Å². The number of aryl methyl sites for hydroxylation is 2. The number of aromatic nitrogens is 2. The molecule has 1 aromatic rings. The van der Waals surface area contributed by atoms with Crippen LogP contribution in [-0.4, -0.2) is 46.1 Å². The first-order valence-corrected chi connectivity index (χ1v) is 6.68. The molecule has 0 aromatic carbocycles. The molecule has 19 heavy (non-hydrogen) atoms. The maximum atomic E-state index is 12.7. The van der Waals surface area contributed by atoms with Crippen molar-refractivity contribution in [2.75, 3.05) is 19.8 Å². The summed E-state index contributed by atoms with van der Waals surface area (Å²) in [5.74, 6) is 0.694. The summed E-state index contributed by atoms with van der Waals surface area (Å²) in [7, 11) is 0. The Hall–Kier alpha value is -1.49. The topological polar surface area (TPSA) is 55.3 Å². The first-order valence-electron chi connectivity index (χ1n) is 6.68. The van der Waals surface area contributed by atoms with E-state index in [1.165, 1.54) is 0 Å². The molecule has 1 atom stereocenters. The van der Waals surface area contributed by atoms with Crippen LogP contribution in [0.25, 0.3) is 0 Å². The number of hydrogen-bond donors (Lipinski definition) is 0. The molecule has 0 saturated carbocycles. The number of morpholine rings is 1. The summed E-state index contributed by atoms with van der Waals surface area (Å²) in [6.07, 6.45) is 2.50. The van der Waals surface area contributed by atoms with Crippen LogP contribution < -0.4 is 0 Å². The third-order valence-electron chi connectivity index (χ3n) is 3.86. The highest BCUT2D eigenvalue weighted by molar-refractivity contribution is 5.95. The SMILES string of the molecule is CCC1(C)COCCN1C(=O)c1cnc(C)nc1C. The van der Waals surface area contributed by atoms with Gasteiger partial charge < -0.3 is 9.64 Å². The lowest BCUT2D eigenvalue weighted by molar-refractivity contribution is -0.0466. The molecule has 1 aliphatic heterocycles. The largest absolute Gasteiger partial charge is 0.377 e. The van der Waals surface area contributed by atoms with Crippen molar-refractivity contribution in [3.63, 3.8) is 0 Å². The van der Waals surface area contributed by atoms with Crippen molar-refractivity contribution in [3.8, 4) is 0 Å². The fraction of sp³-hybridized carbons (Fsp3) is 0.643. The van der Waals surface area contributed by atoms with E-state index < -0.39 is 0 Å². The molecule has 0 aliphatic carbocycles. The zero-order valence-corrected chi connectivity index (χ0v) is 12.1. The molecule has 0 bridgehead atoms. The van der Waals surface area contributed by atoms with E-state index in [4.69, 9.17) is 4.74 Å². The Labute approximate surface area is 114 Å². The molecule has 1 fully saturated rings. The third-order valence-corrected chi connectivity index (χ3v) is 3.86. The second-order valence-corrected chi connectivity index (χ2v) is 5.28. The van der Waals surface area contributed by atoms with Crippen molar-refractivity contribution in [2.24, 2.45) is 0 Å². The summed E-state index contributed by atoms with van der Waals surface area (Å²) in [5.41, 5.74) is 1.08. The van der Waals surface area contributed by atoms with Crippen LogP contribution in [0.2, 0.25) is 0 Å². The fourth-order valence-corrected chi connectivity index (χ4v) is 2.37. The molecule has 1 aliphatic rings. The smallest absolute Gasteiger partial charge is 0.257 e. The molecule has 5 nitrogen and oxygen atoms in total. The van der Waals surface area contributed by atoms with Crippen molar-refractivity contribution < 1.29 is 9.53 Å². The number of rotatable bonds is 2. The minimum absolute atomic E-state index is 0.00477. The number of nitrogens with zero attached hydrogens (tertiary/aromatic N) is 3. The molecular weight excluding hydrogens is 242 g/mol. The molecule has 0 radical (unpaired) electrons. The van der Waals surface area contributed by atoms with Crippen molar-refractivity contribution in [3.05, 3.63) is 23.3 Å². The summed E-state index contributed by atoms with van der Waals surface area (Å²) in [5, 5.41) is 0. The van der Waals surface area contributed by atoms with Gasteiger partial charge in [-0.25, -0.2) is 9.97 Å². The lowest BCUT2D eigenvalue weighted by Crippen LogP contribution is -2.57. The summed E-state index contributed by atoms with van der Waals surface area (Å²) < 4.78 is 5.52. The molecule has 2 heterocycles. The van der Waals surface area contributed by atoms with Crippen LogP contribution in [-0.2, 0) is 4.74 Å². The Morgan fingerprint density at radius 3 is 2.89 bits per heavy atom. The lowest BCUT2D eigenvalue weighted by atomic mass is 9.95. The van der Waals surface area contributed by atoms with E-state index in [0.29, 0.717) is 31.1 Å². The lowest BCUT2D eigenvalue weighted by Gasteiger charge is -2.44. The number of carbonyl (C=O) groups excluding carboxylic acids is 1. The van der Waals surface area contributed by atoms with Gasteiger partial charge in [0.25, 0.3) is 5.91 Å². The minimum atomic E-state index is -0.243. The molecule has 1 amide bonds. The van der Waals surface area contributed by atoms with Crippen LogP contribution >= 0.6 is 0 Å². The van der Waals surface area contributed by atoms with Crippen LogP contribution in [0.15, 0.2) is 6.20 Å². The van der Waals surface area contributed by atoms with Gasteiger partial charge in [0.15, 0.2) is 0 Å². The van der Waals surface area contributed by atoms with Gasteiger partial charge in [-0.3, -0.25) is 4.79 Å². The first kappa shape index (κ1) is 13.9. The van der Waals surface area contributed by atoms with Gasteiger partial charge in [0.1, 0.15) is 5.82 Å². The highest BCUT2D eigenvalue weighted by Gasteiger charge is 2.37. The van der Waals surface area contributed by atoms with Crippen LogP contribution in [0.4, 0.5) is 0 Å². The quantitative estimate of drug-likeness (QED) is 0.815. The number of amides is 1. The number of carbonyl (C=O) groups is 1. The van der Waals surface area contributed by atoms with E-state index in [1.807, 2.05) is 18.7 Å². The normalized spacial score (nSPS) is 23.5. The van der Waals surface area contributed by atoms with Crippen LogP contribution in [0.3, 0.4) is 0 Å². The molecule has 0 N–H and O–H groups in total. The molecule has 104 valence electrons. The fourth-order valence-electron chi connectivity index (χ4n) is 2.37. The maximum absolute atomic E-state index is 12.7. The van der Waals surface area contributed by atoms with Gasteiger partial charge in [-0.05, 0) is 27.2 Å². The van der Waals surface area contributed by atoms with E-state index in [1.54, 1.807) is 6.20 Å². The predicted molar refractivity (Wildman–Crippen MR) is 72.1 cm³/mol. The Kier molecular flexibility index (Phi) is 3.85. The van der Waals surface area contributed by atoms with Crippen molar-refractivity contribution >= 4 is 5.91 Å². The van der Waals surface area contributed by atoms with Crippen molar-refractivity contribution in [1.82, 2.24) is 14.9 Å². The summed E-state index contributed by atoms with van der Waals surface area (Å²) in [6, 6.07) is 0. The molecule has 5 heteroatoms. The van der Waals surface area contributed by atoms with Gasteiger partial charge in [-0.1, -0.05) is 6.92 Å². The highest BCUT2D eigenvalue weighted by atomic mass is 16.5. The van der Waals surface area contributed by atoms with E-state index in [9.17, 15) is 4.79 Å². The second kappa shape index (κ2) is 5.25.